The highest BCUT2D eigenvalue weighted by atomic mass is 16.1. The Bertz CT molecular complexity index is 310. The van der Waals surface area contributed by atoms with Crippen molar-refractivity contribution in [1.82, 2.24) is 0 Å². The van der Waals surface area contributed by atoms with Gasteiger partial charge in [0.15, 0.2) is 0 Å². The summed E-state index contributed by atoms with van der Waals surface area (Å²) in [6, 6.07) is 0. The topological polar surface area (TPSA) is 29.4 Å². The molecule has 1 aliphatic carbocycles. The molecule has 1 rings (SSSR count). The van der Waals surface area contributed by atoms with Crippen LogP contribution in [0.4, 0.5) is 0 Å². The summed E-state index contributed by atoms with van der Waals surface area (Å²) < 4.78 is 0. The van der Waals surface area contributed by atoms with E-state index in [9.17, 15) is 4.79 Å². The summed E-state index contributed by atoms with van der Waals surface area (Å²) in [4.78, 5) is 15.2. The zero-order valence-corrected chi connectivity index (χ0v) is 9.08. The van der Waals surface area contributed by atoms with Gasteiger partial charge < -0.3 is 0 Å². The summed E-state index contributed by atoms with van der Waals surface area (Å²) in [5, 5.41) is 0. The molecule has 1 aliphatic rings. The Labute approximate surface area is 85.4 Å². The molecule has 0 aromatic carbocycles. The van der Waals surface area contributed by atoms with Crippen LogP contribution in [0.2, 0.25) is 0 Å². The van der Waals surface area contributed by atoms with Crippen molar-refractivity contribution in [2.45, 2.75) is 33.6 Å². The van der Waals surface area contributed by atoms with Crippen molar-refractivity contribution in [3.8, 4) is 0 Å². The van der Waals surface area contributed by atoms with E-state index in [-0.39, 0.29) is 5.78 Å². The van der Waals surface area contributed by atoms with Crippen LogP contribution in [0.1, 0.15) is 33.6 Å². The molecule has 0 fully saturated rings. The Balaban J connectivity index is 2.66. The molecule has 0 saturated heterocycles. The molecule has 0 spiro atoms. The summed E-state index contributed by atoms with van der Waals surface area (Å²) in [5.74, 6) is 0.726. The highest BCUT2D eigenvalue weighted by molar-refractivity contribution is 6.00. The van der Waals surface area contributed by atoms with Gasteiger partial charge in [0.25, 0.3) is 0 Å². The first kappa shape index (κ1) is 10.9. The number of nitrogens with zero attached hydrogens (tertiary/aromatic N) is 1. The molecule has 14 heavy (non-hydrogen) atoms. The predicted octanol–water partition coefficient (Wildman–Crippen LogP) is 2.91. The van der Waals surface area contributed by atoms with Crippen molar-refractivity contribution in [2.24, 2.45) is 10.9 Å². The van der Waals surface area contributed by atoms with Crippen LogP contribution < -0.4 is 0 Å². The summed E-state index contributed by atoms with van der Waals surface area (Å²) in [6.07, 6.45) is 7.84. The largest absolute Gasteiger partial charge is 0.300 e. The zero-order chi connectivity index (χ0) is 10.6. The molecule has 0 aromatic rings. The highest BCUT2D eigenvalue weighted by Gasteiger charge is 2.04. The van der Waals surface area contributed by atoms with Crippen molar-refractivity contribution in [1.29, 1.82) is 0 Å². The fourth-order valence-corrected chi connectivity index (χ4v) is 1.51. The van der Waals surface area contributed by atoms with Gasteiger partial charge in [-0.25, -0.2) is 0 Å². The van der Waals surface area contributed by atoms with Gasteiger partial charge in [-0.2, -0.15) is 0 Å². The molecule has 2 nitrogen and oxygen atoms in total. The lowest BCUT2D eigenvalue weighted by Crippen LogP contribution is -2.01. The quantitative estimate of drug-likeness (QED) is 0.631. The van der Waals surface area contributed by atoms with Gasteiger partial charge in [-0.15, -0.1) is 0 Å². The van der Waals surface area contributed by atoms with E-state index in [2.05, 4.69) is 24.1 Å². The maximum absolute atomic E-state index is 10.8. The molecule has 0 heterocycles. The molecule has 0 aliphatic heterocycles. The van der Waals surface area contributed by atoms with Crippen LogP contribution in [0.15, 0.2) is 28.9 Å². The minimum absolute atomic E-state index is 0.166. The first-order valence-electron chi connectivity index (χ1n) is 5.00. The summed E-state index contributed by atoms with van der Waals surface area (Å²) >= 11 is 0. The first-order chi connectivity index (χ1) is 6.58. The van der Waals surface area contributed by atoms with E-state index in [4.69, 9.17) is 0 Å². The molecule has 1 atom stereocenters. The maximum atomic E-state index is 10.8. The molecule has 0 N–H and O–H groups in total. The van der Waals surface area contributed by atoms with Crippen molar-refractivity contribution in [2.75, 3.05) is 0 Å². The SMILES string of the molecule is CC(=O)CC(C)=NC1=CC(C)CC=C1. The number of carbonyl (C=O) groups excluding carboxylic acids is 1. The van der Waals surface area contributed by atoms with E-state index in [0.717, 1.165) is 17.8 Å². The lowest BCUT2D eigenvalue weighted by Gasteiger charge is -2.09. The van der Waals surface area contributed by atoms with Crippen LogP contribution in [-0.2, 0) is 4.79 Å². The third kappa shape index (κ3) is 3.69. The lowest BCUT2D eigenvalue weighted by molar-refractivity contribution is -0.115. The zero-order valence-electron chi connectivity index (χ0n) is 9.08. The van der Waals surface area contributed by atoms with Gasteiger partial charge in [-0.3, -0.25) is 9.79 Å². The fourth-order valence-electron chi connectivity index (χ4n) is 1.51. The van der Waals surface area contributed by atoms with Crippen LogP contribution in [0.3, 0.4) is 0 Å². The van der Waals surface area contributed by atoms with E-state index >= 15 is 0 Å². The Kier molecular flexibility index (Phi) is 3.81. The number of ketones is 1. The van der Waals surface area contributed by atoms with Gasteiger partial charge in [0.2, 0.25) is 0 Å². The minimum Gasteiger partial charge on any atom is -0.300 e. The third-order valence-corrected chi connectivity index (χ3v) is 2.08. The van der Waals surface area contributed by atoms with Gasteiger partial charge in [0.05, 0.1) is 5.70 Å². The molecule has 0 saturated carbocycles. The third-order valence-electron chi connectivity index (χ3n) is 2.08. The number of hydrogen-bond acceptors (Lipinski definition) is 2. The van der Waals surface area contributed by atoms with Crippen LogP contribution >= 0.6 is 0 Å². The van der Waals surface area contributed by atoms with Gasteiger partial charge in [-0.05, 0) is 32.3 Å². The normalized spacial score (nSPS) is 22.1. The van der Waals surface area contributed by atoms with Crippen molar-refractivity contribution in [3.63, 3.8) is 0 Å². The standard InChI is InChI=1S/C12H17NO/c1-9-5-4-6-12(7-9)13-10(2)8-11(3)14/h4,6-7,9H,5,8H2,1-3H3. The van der Waals surface area contributed by atoms with E-state index < -0.39 is 0 Å². The number of allylic oxidation sites excluding steroid dienone is 3. The number of carbonyl (C=O) groups is 1. The van der Waals surface area contributed by atoms with Crippen LogP contribution in [-0.4, -0.2) is 11.5 Å². The number of Topliss-reactive ketones (excluding diaryl/α,β-unsaturated/α-hetero) is 1. The number of rotatable bonds is 3. The van der Waals surface area contributed by atoms with Gasteiger partial charge in [0.1, 0.15) is 5.78 Å². The lowest BCUT2D eigenvalue weighted by atomic mass is 10.0. The van der Waals surface area contributed by atoms with Crippen molar-refractivity contribution >= 4 is 11.5 Å². The second-order valence-corrected chi connectivity index (χ2v) is 3.93. The second kappa shape index (κ2) is 4.89. The first-order valence-corrected chi connectivity index (χ1v) is 5.00. The Morgan fingerprint density at radius 2 is 2.29 bits per heavy atom. The van der Waals surface area contributed by atoms with Gasteiger partial charge in [-0.1, -0.05) is 19.1 Å². The predicted molar refractivity (Wildman–Crippen MR) is 59.4 cm³/mol. The average Bonchev–Trinajstić information content (AvgIpc) is 2.01. The van der Waals surface area contributed by atoms with Gasteiger partial charge in [0, 0.05) is 12.1 Å². The van der Waals surface area contributed by atoms with E-state index in [1.54, 1.807) is 6.92 Å². The van der Waals surface area contributed by atoms with Crippen LogP contribution in [0, 0.1) is 5.92 Å². The monoisotopic (exact) mass is 191 g/mol. The molecular weight excluding hydrogens is 174 g/mol. The molecule has 76 valence electrons. The highest BCUT2D eigenvalue weighted by Crippen LogP contribution is 2.16. The van der Waals surface area contributed by atoms with Crippen molar-refractivity contribution in [3.05, 3.63) is 23.9 Å². The molecule has 1 unspecified atom stereocenters. The molecule has 0 aromatic heterocycles. The van der Waals surface area contributed by atoms with Crippen LogP contribution in [0.5, 0.6) is 0 Å². The van der Waals surface area contributed by atoms with E-state index in [0.29, 0.717) is 12.3 Å². The smallest absolute Gasteiger partial charge is 0.135 e. The number of aliphatic imine (C=N–C) groups is 1. The molecular formula is C12H17NO. The summed E-state index contributed by atoms with van der Waals surface area (Å²) in [7, 11) is 0. The molecule has 0 amide bonds. The summed E-state index contributed by atoms with van der Waals surface area (Å²) in [5.41, 5.74) is 1.88. The average molecular weight is 191 g/mol. The van der Waals surface area contributed by atoms with Crippen LogP contribution in [0.25, 0.3) is 0 Å². The Morgan fingerprint density at radius 3 is 2.86 bits per heavy atom. The van der Waals surface area contributed by atoms with E-state index in [1.165, 1.54) is 0 Å². The Hall–Kier alpha value is -1.18. The molecule has 0 radical (unpaired) electrons. The fraction of sp³-hybridized carbons (Fsp3) is 0.500. The molecule has 0 bridgehead atoms. The summed E-state index contributed by atoms with van der Waals surface area (Å²) in [6.45, 7) is 5.65. The molecule has 2 heteroatoms. The number of hydrogen-bond donors (Lipinski definition) is 0. The van der Waals surface area contributed by atoms with Crippen molar-refractivity contribution < 1.29 is 4.79 Å². The second-order valence-electron chi connectivity index (χ2n) is 3.93. The maximum Gasteiger partial charge on any atom is 0.135 e. The minimum atomic E-state index is 0.166. The Morgan fingerprint density at radius 1 is 1.57 bits per heavy atom. The van der Waals surface area contributed by atoms with Gasteiger partial charge >= 0.3 is 0 Å². The van der Waals surface area contributed by atoms with E-state index in [1.807, 2.05) is 13.0 Å².